The first-order valence-electron chi connectivity index (χ1n) is 4.87. The molecule has 0 aromatic heterocycles. The van der Waals surface area contributed by atoms with E-state index in [1.54, 1.807) is 6.08 Å². The molecule has 0 atom stereocenters. The first-order valence-corrected chi connectivity index (χ1v) is 4.87. The van der Waals surface area contributed by atoms with Crippen LogP contribution in [0.2, 0.25) is 0 Å². The number of aryl methyl sites for hydroxylation is 1. The molecule has 0 bridgehead atoms. The van der Waals surface area contributed by atoms with Crippen LogP contribution in [0.25, 0.3) is 0 Å². The summed E-state index contributed by atoms with van der Waals surface area (Å²) < 4.78 is 5.74. The molecule has 15 heavy (non-hydrogen) atoms. The Morgan fingerprint density at radius 1 is 1.33 bits per heavy atom. The molecule has 1 rings (SSSR count). The van der Waals surface area contributed by atoms with Gasteiger partial charge in [0.15, 0.2) is 0 Å². The molecule has 0 fully saturated rings. The van der Waals surface area contributed by atoms with Gasteiger partial charge in [-0.1, -0.05) is 37.4 Å². The van der Waals surface area contributed by atoms with Gasteiger partial charge in [-0.2, -0.15) is 0 Å². The zero-order valence-electron chi connectivity index (χ0n) is 9.29. The van der Waals surface area contributed by atoms with Crippen molar-refractivity contribution in [3.63, 3.8) is 0 Å². The quantitative estimate of drug-likeness (QED) is 0.527. The van der Waals surface area contributed by atoms with E-state index in [0.717, 1.165) is 22.6 Å². The lowest BCUT2D eigenvalue weighted by Gasteiger charge is -2.11. The molecule has 0 aliphatic rings. The summed E-state index contributed by atoms with van der Waals surface area (Å²) >= 11 is 0. The second kappa shape index (κ2) is 5.20. The van der Waals surface area contributed by atoms with E-state index in [1.807, 2.05) is 44.2 Å². The standard InChI is InChI=1S/C14H16O/c1-5-8-13(11(2)3)15-14-10-7-6-9-12(14)4/h5-10H,1-2H2,3-4H3/b13-8+. The highest BCUT2D eigenvalue weighted by atomic mass is 16.5. The van der Waals surface area contributed by atoms with Crippen LogP contribution in [0.3, 0.4) is 0 Å². The van der Waals surface area contributed by atoms with Gasteiger partial charge in [0.1, 0.15) is 11.5 Å². The van der Waals surface area contributed by atoms with Crippen molar-refractivity contribution in [1.29, 1.82) is 0 Å². The highest BCUT2D eigenvalue weighted by Crippen LogP contribution is 2.21. The molecule has 0 saturated heterocycles. The number of para-hydroxylation sites is 1. The Morgan fingerprint density at radius 2 is 2.00 bits per heavy atom. The van der Waals surface area contributed by atoms with Gasteiger partial charge in [0, 0.05) is 0 Å². The van der Waals surface area contributed by atoms with E-state index in [0.29, 0.717) is 0 Å². The molecule has 0 heterocycles. The molecule has 0 saturated carbocycles. The van der Waals surface area contributed by atoms with Gasteiger partial charge in [-0.3, -0.25) is 0 Å². The summed E-state index contributed by atoms with van der Waals surface area (Å²) in [5.41, 5.74) is 1.99. The first kappa shape index (κ1) is 11.3. The van der Waals surface area contributed by atoms with E-state index in [-0.39, 0.29) is 0 Å². The van der Waals surface area contributed by atoms with E-state index in [2.05, 4.69) is 13.2 Å². The minimum Gasteiger partial charge on any atom is -0.457 e. The predicted molar refractivity (Wildman–Crippen MR) is 64.9 cm³/mol. The number of rotatable bonds is 4. The average molecular weight is 200 g/mol. The molecule has 0 aliphatic heterocycles. The highest BCUT2D eigenvalue weighted by Gasteiger charge is 2.02. The van der Waals surface area contributed by atoms with Gasteiger partial charge in [0.05, 0.1) is 0 Å². The summed E-state index contributed by atoms with van der Waals surface area (Å²) in [5.74, 6) is 1.60. The third kappa shape index (κ3) is 3.13. The highest BCUT2D eigenvalue weighted by molar-refractivity contribution is 5.36. The molecule has 1 heteroatoms. The van der Waals surface area contributed by atoms with E-state index >= 15 is 0 Å². The van der Waals surface area contributed by atoms with Crippen molar-refractivity contribution in [1.82, 2.24) is 0 Å². The van der Waals surface area contributed by atoms with Crippen LogP contribution in [0.1, 0.15) is 12.5 Å². The number of hydrogen-bond acceptors (Lipinski definition) is 1. The molecule has 78 valence electrons. The van der Waals surface area contributed by atoms with Gasteiger partial charge >= 0.3 is 0 Å². The second-order valence-electron chi connectivity index (χ2n) is 3.41. The normalized spacial score (nSPS) is 10.9. The van der Waals surface area contributed by atoms with Crippen molar-refractivity contribution in [3.8, 4) is 5.75 Å². The fourth-order valence-electron chi connectivity index (χ4n) is 1.16. The first-order chi connectivity index (χ1) is 7.15. The number of hydrogen-bond donors (Lipinski definition) is 0. The maximum absolute atomic E-state index is 5.74. The lowest BCUT2D eigenvalue weighted by atomic mass is 10.2. The van der Waals surface area contributed by atoms with Crippen LogP contribution in [-0.2, 0) is 0 Å². The lowest BCUT2D eigenvalue weighted by Crippen LogP contribution is -1.97. The van der Waals surface area contributed by atoms with Gasteiger partial charge < -0.3 is 4.74 Å². The minimum atomic E-state index is 0.749. The largest absolute Gasteiger partial charge is 0.457 e. The van der Waals surface area contributed by atoms with E-state index in [9.17, 15) is 0 Å². The van der Waals surface area contributed by atoms with Crippen molar-refractivity contribution in [3.05, 3.63) is 66.5 Å². The molecule has 1 aromatic rings. The van der Waals surface area contributed by atoms with Crippen LogP contribution in [0.5, 0.6) is 5.75 Å². The van der Waals surface area contributed by atoms with E-state index in [4.69, 9.17) is 4.74 Å². The Morgan fingerprint density at radius 3 is 2.53 bits per heavy atom. The van der Waals surface area contributed by atoms with Crippen LogP contribution in [0, 0.1) is 6.92 Å². The van der Waals surface area contributed by atoms with Crippen molar-refractivity contribution in [2.24, 2.45) is 0 Å². The summed E-state index contributed by atoms with van der Waals surface area (Å²) in [6.45, 7) is 11.4. The predicted octanol–water partition coefficient (Wildman–Crippen LogP) is 4.02. The fourth-order valence-corrected chi connectivity index (χ4v) is 1.16. The number of ether oxygens (including phenoxy) is 1. The van der Waals surface area contributed by atoms with Gasteiger partial charge in [-0.15, -0.1) is 0 Å². The Labute approximate surface area is 91.4 Å². The van der Waals surface area contributed by atoms with Crippen LogP contribution < -0.4 is 4.74 Å². The summed E-state index contributed by atoms with van der Waals surface area (Å²) in [5, 5.41) is 0. The van der Waals surface area contributed by atoms with E-state index < -0.39 is 0 Å². The monoisotopic (exact) mass is 200 g/mol. The van der Waals surface area contributed by atoms with Crippen LogP contribution >= 0.6 is 0 Å². The Balaban J connectivity index is 2.93. The maximum Gasteiger partial charge on any atom is 0.130 e. The molecule has 0 unspecified atom stereocenters. The molecule has 0 N–H and O–H groups in total. The maximum atomic E-state index is 5.74. The Hall–Kier alpha value is -1.76. The Bertz CT molecular complexity index is 400. The molecule has 0 radical (unpaired) electrons. The van der Waals surface area contributed by atoms with Crippen LogP contribution in [-0.4, -0.2) is 0 Å². The third-order valence-electron chi connectivity index (χ3n) is 2.00. The summed E-state index contributed by atoms with van der Waals surface area (Å²) in [7, 11) is 0. The van der Waals surface area contributed by atoms with Crippen molar-refractivity contribution < 1.29 is 4.74 Å². The van der Waals surface area contributed by atoms with Gasteiger partial charge in [0.2, 0.25) is 0 Å². The van der Waals surface area contributed by atoms with Crippen molar-refractivity contribution in [2.45, 2.75) is 13.8 Å². The molecule has 0 spiro atoms. The molecular weight excluding hydrogens is 184 g/mol. The second-order valence-corrected chi connectivity index (χ2v) is 3.41. The molecule has 1 aromatic carbocycles. The lowest BCUT2D eigenvalue weighted by molar-refractivity contribution is 0.433. The van der Waals surface area contributed by atoms with Crippen LogP contribution in [0.15, 0.2) is 60.9 Å². The Kier molecular flexibility index (Phi) is 3.92. The smallest absolute Gasteiger partial charge is 0.130 e. The molecule has 0 amide bonds. The minimum absolute atomic E-state index is 0.749. The SMILES string of the molecule is C=C/C=C(/Oc1ccccc1C)C(=C)C. The fraction of sp³-hybridized carbons (Fsp3) is 0.143. The van der Waals surface area contributed by atoms with Crippen LogP contribution in [0.4, 0.5) is 0 Å². The number of benzene rings is 1. The average Bonchev–Trinajstić information content (AvgIpc) is 2.20. The third-order valence-corrected chi connectivity index (χ3v) is 2.00. The zero-order valence-corrected chi connectivity index (χ0v) is 9.29. The summed E-state index contributed by atoms with van der Waals surface area (Å²) in [6, 6.07) is 7.89. The topological polar surface area (TPSA) is 9.23 Å². The van der Waals surface area contributed by atoms with Crippen molar-refractivity contribution in [2.75, 3.05) is 0 Å². The number of allylic oxidation sites excluding steroid dienone is 3. The zero-order chi connectivity index (χ0) is 11.3. The summed E-state index contributed by atoms with van der Waals surface area (Å²) in [6.07, 6.45) is 3.51. The van der Waals surface area contributed by atoms with Gasteiger partial charge in [-0.05, 0) is 37.1 Å². The molecule has 0 aliphatic carbocycles. The van der Waals surface area contributed by atoms with E-state index in [1.165, 1.54) is 0 Å². The van der Waals surface area contributed by atoms with Gasteiger partial charge in [-0.25, -0.2) is 0 Å². The summed E-state index contributed by atoms with van der Waals surface area (Å²) in [4.78, 5) is 0. The molecular formula is C14H16O. The van der Waals surface area contributed by atoms with Gasteiger partial charge in [0.25, 0.3) is 0 Å². The molecule has 1 nitrogen and oxygen atoms in total. The van der Waals surface area contributed by atoms with Crippen molar-refractivity contribution >= 4 is 0 Å².